The first-order valence-electron chi connectivity index (χ1n) is 7.54. The van der Waals surface area contributed by atoms with E-state index >= 15 is 0 Å². The van der Waals surface area contributed by atoms with Crippen molar-refractivity contribution in [2.75, 3.05) is 33.5 Å². The van der Waals surface area contributed by atoms with Crippen molar-refractivity contribution < 1.29 is 9.47 Å². The molecule has 1 aliphatic rings. The van der Waals surface area contributed by atoms with E-state index in [2.05, 4.69) is 43.4 Å². The molecule has 0 radical (unpaired) electrons. The Morgan fingerprint density at radius 2 is 2.00 bits per heavy atom. The minimum absolute atomic E-state index is 0.295. The normalized spacial score (nSPS) is 20.6. The van der Waals surface area contributed by atoms with Crippen LogP contribution >= 0.6 is 0 Å². The Labute approximate surface area is 122 Å². The number of hydrogen-bond donors (Lipinski definition) is 1. The fourth-order valence-electron chi connectivity index (χ4n) is 2.97. The van der Waals surface area contributed by atoms with Crippen LogP contribution in [0.25, 0.3) is 0 Å². The van der Waals surface area contributed by atoms with Crippen LogP contribution in [0.3, 0.4) is 0 Å². The molecular formula is C17H27NO2. The lowest BCUT2D eigenvalue weighted by atomic mass is 9.71. The Balaban J connectivity index is 1.87. The standard InChI is InChI=1S/C17H27NO2/c1-17(2)9-8-16(14-6-4-5-7-15(14)17)18-10-11-20-13-12-19-3/h4-7,16,18H,8-13H2,1-3H3. The highest BCUT2D eigenvalue weighted by Gasteiger charge is 2.31. The van der Waals surface area contributed by atoms with Crippen molar-refractivity contribution in [1.29, 1.82) is 0 Å². The molecule has 0 saturated heterocycles. The highest BCUT2D eigenvalue weighted by molar-refractivity contribution is 5.38. The van der Waals surface area contributed by atoms with Gasteiger partial charge in [0, 0.05) is 19.7 Å². The predicted molar refractivity (Wildman–Crippen MR) is 82.1 cm³/mol. The first-order chi connectivity index (χ1) is 9.65. The van der Waals surface area contributed by atoms with E-state index in [0.717, 1.165) is 13.2 Å². The lowest BCUT2D eigenvalue weighted by Gasteiger charge is -2.37. The van der Waals surface area contributed by atoms with Crippen LogP contribution in [0, 0.1) is 0 Å². The molecule has 112 valence electrons. The molecule has 0 heterocycles. The van der Waals surface area contributed by atoms with E-state index in [1.807, 2.05) is 0 Å². The molecule has 1 atom stereocenters. The molecular weight excluding hydrogens is 250 g/mol. The number of hydrogen-bond acceptors (Lipinski definition) is 3. The Kier molecular flexibility index (Phi) is 5.58. The molecule has 0 bridgehead atoms. The number of ether oxygens (including phenoxy) is 2. The third-order valence-electron chi connectivity index (χ3n) is 4.19. The molecule has 0 aromatic heterocycles. The van der Waals surface area contributed by atoms with Gasteiger partial charge in [0.05, 0.1) is 19.8 Å². The Morgan fingerprint density at radius 3 is 2.80 bits per heavy atom. The molecule has 1 unspecified atom stereocenters. The summed E-state index contributed by atoms with van der Waals surface area (Å²) in [5.74, 6) is 0. The lowest BCUT2D eigenvalue weighted by molar-refractivity contribution is 0.0706. The highest BCUT2D eigenvalue weighted by Crippen LogP contribution is 2.41. The maximum absolute atomic E-state index is 5.51. The second kappa shape index (κ2) is 7.21. The van der Waals surface area contributed by atoms with Gasteiger partial charge in [0.2, 0.25) is 0 Å². The summed E-state index contributed by atoms with van der Waals surface area (Å²) in [5.41, 5.74) is 3.24. The van der Waals surface area contributed by atoms with E-state index < -0.39 is 0 Å². The number of benzene rings is 1. The Bertz CT molecular complexity index is 417. The summed E-state index contributed by atoms with van der Waals surface area (Å²) in [7, 11) is 1.70. The molecule has 1 N–H and O–H groups in total. The number of methoxy groups -OCH3 is 1. The molecule has 0 amide bonds. The fourth-order valence-corrected chi connectivity index (χ4v) is 2.97. The van der Waals surface area contributed by atoms with Gasteiger partial charge in [0.1, 0.15) is 0 Å². The minimum Gasteiger partial charge on any atom is -0.382 e. The summed E-state index contributed by atoms with van der Waals surface area (Å²) in [6.07, 6.45) is 2.42. The maximum atomic E-state index is 5.51. The van der Waals surface area contributed by atoms with Gasteiger partial charge in [-0.05, 0) is 29.4 Å². The summed E-state index contributed by atoms with van der Waals surface area (Å²) in [6.45, 7) is 7.66. The quantitative estimate of drug-likeness (QED) is 0.777. The summed E-state index contributed by atoms with van der Waals surface area (Å²) < 4.78 is 10.5. The van der Waals surface area contributed by atoms with Crippen molar-refractivity contribution in [2.45, 2.75) is 38.1 Å². The van der Waals surface area contributed by atoms with Crippen molar-refractivity contribution in [3.63, 3.8) is 0 Å². The predicted octanol–water partition coefficient (Wildman–Crippen LogP) is 3.05. The summed E-state index contributed by atoms with van der Waals surface area (Å²) >= 11 is 0. The molecule has 20 heavy (non-hydrogen) atoms. The largest absolute Gasteiger partial charge is 0.382 e. The SMILES string of the molecule is COCCOCCNC1CCC(C)(C)c2ccccc21. The third kappa shape index (κ3) is 3.81. The number of rotatable bonds is 7. The van der Waals surface area contributed by atoms with E-state index in [4.69, 9.17) is 9.47 Å². The van der Waals surface area contributed by atoms with Gasteiger partial charge in [-0.3, -0.25) is 0 Å². The topological polar surface area (TPSA) is 30.5 Å². The van der Waals surface area contributed by atoms with Gasteiger partial charge in [-0.25, -0.2) is 0 Å². The zero-order valence-corrected chi connectivity index (χ0v) is 12.9. The van der Waals surface area contributed by atoms with E-state index in [0.29, 0.717) is 24.7 Å². The van der Waals surface area contributed by atoms with Gasteiger partial charge >= 0.3 is 0 Å². The molecule has 2 rings (SSSR count). The first-order valence-corrected chi connectivity index (χ1v) is 7.54. The first kappa shape index (κ1) is 15.5. The van der Waals surface area contributed by atoms with Crippen LogP contribution in [-0.2, 0) is 14.9 Å². The smallest absolute Gasteiger partial charge is 0.0700 e. The van der Waals surface area contributed by atoms with Crippen molar-refractivity contribution in [3.05, 3.63) is 35.4 Å². The number of nitrogens with one attached hydrogen (secondary N) is 1. The zero-order valence-electron chi connectivity index (χ0n) is 12.9. The van der Waals surface area contributed by atoms with Gasteiger partial charge in [-0.1, -0.05) is 38.1 Å². The average Bonchev–Trinajstić information content (AvgIpc) is 2.45. The fraction of sp³-hybridized carbons (Fsp3) is 0.647. The average molecular weight is 277 g/mol. The van der Waals surface area contributed by atoms with Crippen molar-refractivity contribution in [1.82, 2.24) is 5.32 Å². The summed E-state index contributed by atoms with van der Waals surface area (Å²) in [4.78, 5) is 0. The molecule has 0 aliphatic heterocycles. The molecule has 0 spiro atoms. The van der Waals surface area contributed by atoms with Crippen molar-refractivity contribution in [3.8, 4) is 0 Å². The van der Waals surface area contributed by atoms with Crippen LogP contribution in [-0.4, -0.2) is 33.5 Å². The van der Waals surface area contributed by atoms with Gasteiger partial charge in [0.15, 0.2) is 0 Å². The zero-order chi connectivity index (χ0) is 14.4. The third-order valence-corrected chi connectivity index (χ3v) is 4.19. The maximum Gasteiger partial charge on any atom is 0.0700 e. The Hall–Kier alpha value is -0.900. The van der Waals surface area contributed by atoms with E-state index in [1.54, 1.807) is 7.11 Å². The Morgan fingerprint density at radius 1 is 1.20 bits per heavy atom. The van der Waals surface area contributed by atoms with Crippen LogP contribution in [0.4, 0.5) is 0 Å². The van der Waals surface area contributed by atoms with Crippen LogP contribution in [0.5, 0.6) is 0 Å². The van der Waals surface area contributed by atoms with Crippen molar-refractivity contribution in [2.24, 2.45) is 0 Å². The van der Waals surface area contributed by atoms with E-state index in [-0.39, 0.29) is 0 Å². The second-order valence-corrected chi connectivity index (χ2v) is 6.12. The molecule has 1 aromatic carbocycles. The monoisotopic (exact) mass is 277 g/mol. The van der Waals surface area contributed by atoms with Crippen LogP contribution < -0.4 is 5.32 Å². The second-order valence-electron chi connectivity index (χ2n) is 6.12. The summed E-state index contributed by atoms with van der Waals surface area (Å²) in [5, 5.41) is 3.63. The van der Waals surface area contributed by atoms with Crippen LogP contribution in [0.2, 0.25) is 0 Å². The molecule has 3 heteroatoms. The van der Waals surface area contributed by atoms with Gasteiger partial charge in [-0.2, -0.15) is 0 Å². The van der Waals surface area contributed by atoms with Gasteiger partial charge in [-0.15, -0.1) is 0 Å². The summed E-state index contributed by atoms with van der Waals surface area (Å²) in [6, 6.07) is 9.30. The van der Waals surface area contributed by atoms with Crippen LogP contribution in [0.1, 0.15) is 43.9 Å². The molecule has 0 fully saturated rings. The molecule has 1 aromatic rings. The molecule has 3 nitrogen and oxygen atoms in total. The minimum atomic E-state index is 0.295. The lowest BCUT2D eigenvalue weighted by Crippen LogP contribution is -2.34. The molecule has 1 aliphatic carbocycles. The van der Waals surface area contributed by atoms with E-state index in [1.165, 1.54) is 24.0 Å². The molecule has 0 saturated carbocycles. The van der Waals surface area contributed by atoms with E-state index in [9.17, 15) is 0 Å². The van der Waals surface area contributed by atoms with Crippen molar-refractivity contribution >= 4 is 0 Å². The van der Waals surface area contributed by atoms with Gasteiger partial charge in [0.25, 0.3) is 0 Å². The van der Waals surface area contributed by atoms with Crippen LogP contribution in [0.15, 0.2) is 24.3 Å². The highest BCUT2D eigenvalue weighted by atomic mass is 16.5. The number of fused-ring (bicyclic) bond motifs is 1. The van der Waals surface area contributed by atoms with Gasteiger partial charge < -0.3 is 14.8 Å².